The van der Waals surface area contributed by atoms with Crippen LogP contribution in [0.5, 0.6) is 0 Å². The summed E-state index contributed by atoms with van der Waals surface area (Å²) in [5.41, 5.74) is 3.41. The molecule has 4 rings (SSSR count). The van der Waals surface area contributed by atoms with Crippen molar-refractivity contribution in [3.05, 3.63) is 80.7 Å². The quantitative estimate of drug-likeness (QED) is 0.663. The van der Waals surface area contributed by atoms with Gasteiger partial charge in [0.05, 0.1) is 0 Å². The summed E-state index contributed by atoms with van der Waals surface area (Å²) in [6.45, 7) is 2.07. The summed E-state index contributed by atoms with van der Waals surface area (Å²) in [6, 6.07) is 14.9. The van der Waals surface area contributed by atoms with Crippen molar-refractivity contribution in [3.63, 3.8) is 0 Å². The number of anilines is 1. The van der Waals surface area contributed by atoms with E-state index in [-0.39, 0.29) is 31.0 Å². The molecule has 1 amide bonds. The Labute approximate surface area is 185 Å². The summed E-state index contributed by atoms with van der Waals surface area (Å²) in [5, 5.41) is 9.98. The average molecular weight is 438 g/mol. The second kappa shape index (κ2) is 9.04. The first-order valence-corrected chi connectivity index (χ1v) is 10.7. The van der Waals surface area contributed by atoms with Crippen molar-refractivity contribution in [1.29, 1.82) is 0 Å². The van der Waals surface area contributed by atoms with Gasteiger partial charge in [-0.15, -0.1) is 0 Å². The Morgan fingerprint density at radius 3 is 2.65 bits per heavy atom. The van der Waals surface area contributed by atoms with Crippen LogP contribution in [0, 0.1) is 6.92 Å². The van der Waals surface area contributed by atoms with Crippen molar-refractivity contribution in [2.75, 3.05) is 18.1 Å². The summed E-state index contributed by atoms with van der Waals surface area (Å²) in [6.07, 6.45) is 2.01. The maximum atomic E-state index is 13.3. The molecule has 1 aromatic heterocycles. The Morgan fingerprint density at radius 2 is 1.90 bits per heavy atom. The standard InChI is InChI=1S/C24H24ClN3O3/c1-16-20(12-14-29)24(31)28(23(26-16)18-8-10-19(25)11-9-18)15-22(30)27-13-4-6-17-5-2-3-7-21(17)27/h2-3,5,7-11,29H,4,6,12-15H2,1H3. The minimum atomic E-state index is -0.301. The van der Waals surface area contributed by atoms with Crippen molar-refractivity contribution in [1.82, 2.24) is 9.55 Å². The number of aliphatic hydroxyl groups excluding tert-OH is 1. The van der Waals surface area contributed by atoms with Gasteiger partial charge in [0.1, 0.15) is 12.4 Å². The molecule has 0 saturated carbocycles. The highest BCUT2D eigenvalue weighted by molar-refractivity contribution is 6.30. The first kappa shape index (κ1) is 21.3. The lowest BCUT2D eigenvalue weighted by atomic mass is 10.0. The van der Waals surface area contributed by atoms with Crippen LogP contribution >= 0.6 is 11.6 Å². The molecule has 2 heterocycles. The number of nitrogens with zero attached hydrogens (tertiary/aromatic N) is 3. The summed E-state index contributed by atoms with van der Waals surface area (Å²) >= 11 is 6.02. The molecular weight excluding hydrogens is 414 g/mol. The minimum absolute atomic E-state index is 0.128. The lowest BCUT2D eigenvalue weighted by Crippen LogP contribution is -2.41. The second-order valence-electron chi connectivity index (χ2n) is 7.65. The molecule has 3 aromatic rings. The van der Waals surface area contributed by atoms with E-state index < -0.39 is 0 Å². The number of aromatic nitrogens is 2. The van der Waals surface area contributed by atoms with Crippen LogP contribution in [-0.4, -0.2) is 33.7 Å². The molecule has 0 fully saturated rings. The molecule has 0 unspecified atom stereocenters. The predicted molar refractivity (Wildman–Crippen MR) is 122 cm³/mol. The van der Waals surface area contributed by atoms with E-state index in [1.165, 1.54) is 4.57 Å². The van der Waals surface area contributed by atoms with Crippen LogP contribution in [0.2, 0.25) is 5.02 Å². The van der Waals surface area contributed by atoms with Gasteiger partial charge in [-0.05, 0) is 55.7 Å². The topological polar surface area (TPSA) is 75.4 Å². The smallest absolute Gasteiger partial charge is 0.257 e. The van der Waals surface area contributed by atoms with Gasteiger partial charge in [0, 0.05) is 47.1 Å². The van der Waals surface area contributed by atoms with Crippen molar-refractivity contribution < 1.29 is 9.90 Å². The molecule has 160 valence electrons. The molecule has 7 heteroatoms. The van der Waals surface area contributed by atoms with Crippen LogP contribution < -0.4 is 10.5 Å². The largest absolute Gasteiger partial charge is 0.396 e. The van der Waals surface area contributed by atoms with Gasteiger partial charge in [0.15, 0.2) is 0 Å². The number of amides is 1. The first-order valence-electron chi connectivity index (χ1n) is 10.3. The third-order valence-corrected chi connectivity index (χ3v) is 5.89. The highest BCUT2D eigenvalue weighted by atomic mass is 35.5. The molecule has 1 aliphatic rings. The number of carbonyl (C=O) groups excluding carboxylic acids is 1. The van der Waals surface area contributed by atoms with Gasteiger partial charge in [-0.1, -0.05) is 29.8 Å². The predicted octanol–water partition coefficient (Wildman–Crippen LogP) is 3.39. The maximum Gasteiger partial charge on any atom is 0.257 e. The molecule has 0 spiro atoms. The van der Waals surface area contributed by atoms with Crippen LogP contribution in [0.3, 0.4) is 0 Å². The van der Waals surface area contributed by atoms with E-state index in [2.05, 4.69) is 4.98 Å². The minimum Gasteiger partial charge on any atom is -0.396 e. The summed E-state index contributed by atoms with van der Waals surface area (Å²) < 4.78 is 1.42. The molecule has 0 atom stereocenters. The zero-order valence-corrected chi connectivity index (χ0v) is 18.1. The number of aliphatic hydroxyl groups is 1. The first-order chi connectivity index (χ1) is 15.0. The number of benzene rings is 2. The van der Waals surface area contributed by atoms with Gasteiger partial charge < -0.3 is 10.0 Å². The molecule has 1 aliphatic heterocycles. The van der Waals surface area contributed by atoms with E-state index in [0.717, 1.165) is 24.1 Å². The number of carbonyl (C=O) groups is 1. The normalized spacial score (nSPS) is 13.2. The fraction of sp³-hybridized carbons (Fsp3) is 0.292. The highest BCUT2D eigenvalue weighted by Crippen LogP contribution is 2.27. The fourth-order valence-electron chi connectivity index (χ4n) is 4.08. The molecule has 0 aliphatic carbocycles. The van der Waals surface area contributed by atoms with Gasteiger partial charge in [0.25, 0.3) is 5.56 Å². The lowest BCUT2D eigenvalue weighted by Gasteiger charge is -2.30. The average Bonchev–Trinajstić information content (AvgIpc) is 2.78. The lowest BCUT2D eigenvalue weighted by molar-refractivity contribution is -0.119. The van der Waals surface area contributed by atoms with Crippen molar-refractivity contribution in [2.45, 2.75) is 32.7 Å². The van der Waals surface area contributed by atoms with Crippen LogP contribution in [0.25, 0.3) is 11.4 Å². The molecule has 2 aromatic carbocycles. The number of halogens is 1. The summed E-state index contributed by atoms with van der Waals surface area (Å²) in [5.74, 6) is 0.254. The summed E-state index contributed by atoms with van der Waals surface area (Å²) in [7, 11) is 0. The SMILES string of the molecule is Cc1nc(-c2ccc(Cl)cc2)n(CC(=O)N2CCCc3ccccc32)c(=O)c1CCO. The Morgan fingerprint density at radius 1 is 1.16 bits per heavy atom. The molecule has 1 N–H and O–H groups in total. The molecular formula is C24H24ClN3O3. The van der Waals surface area contributed by atoms with Crippen LogP contribution in [0.4, 0.5) is 5.69 Å². The van der Waals surface area contributed by atoms with E-state index in [9.17, 15) is 14.7 Å². The van der Waals surface area contributed by atoms with Crippen LogP contribution in [0.1, 0.15) is 23.2 Å². The number of fused-ring (bicyclic) bond motifs is 1. The van der Waals surface area contributed by atoms with E-state index in [1.54, 1.807) is 36.1 Å². The zero-order chi connectivity index (χ0) is 22.0. The third kappa shape index (κ3) is 4.27. The summed E-state index contributed by atoms with van der Waals surface area (Å²) in [4.78, 5) is 33.0. The third-order valence-electron chi connectivity index (χ3n) is 5.64. The Kier molecular flexibility index (Phi) is 6.20. The molecule has 0 radical (unpaired) electrons. The Bertz CT molecular complexity index is 1170. The van der Waals surface area contributed by atoms with Crippen molar-refractivity contribution >= 4 is 23.2 Å². The number of rotatable bonds is 5. The van der Waals surface area contributed by atoms with Crippen LogP contribution in [-0.2, 0) is 24.2 Å². The Balaban J connectivity index is 1.78. The van der Waals surface area contributed by atoms with E-state index in [4.69, 9.17) is 11.6 Å². The Hall–Kier alpha value is -2.96. The van der Waals surface area contributed by atoms with Gasteiger partial charge in [0.2, 0.25) is 5.91 Å². The molecule has 0 saturated heterocycles. The zero-order valence-electron chi connectivity index (χ0n) is 17.3. The highest BCUT2D eigenvalue weighted by Gasteiger charge is 2.25. The number of hydrogen-bond donors (Lipinski definition) is 1. The van der Waals surface area contributed by atoms with E-state index in [1.807, 2.05) is 24.3 Å². The molecule has 6 nitrogen and oxygen atoms in total. The molecule has 31 heavy (non-hydrogen) atoms. The van der Waals surface area contributed by atoms with Crippen LogP contribution in [0.15, 0.2) is 53.3 Å². The number of hydrogen-bond acceptors (Lipinski definition) is 4. The van der Waals surface area contributed by atoms with Gasteiger partial charge in [-0.2, -0.15) is 0 Å². The van der Waals surface area contributed by atoms with E-state index in [0.29, 0.717) is 34.2 Å². The maximum absolute atomic E-state index is 13.3. The van der Waals surface area contributed by atoms with Crippen molar-refractivity contribution in [3.8, 4) is 11.4 Å². The van der Waals surface area contributed by atoms with Crippen molar-refractivity contribution in [2.24, 2.45) is 0 Å². The molecule has 0 bridgehead atoms. The van der Waals surface area contributed by atoms with Gasteiger partial charge in [-0.3, -0.25) is 14.2 Å². The van der Waals surface area contributed by atoms with E-state index >= 15 is 0 Å². The van der Waals surface area contributed by atoms with Gasteiger partial charge in [-0.25, -0.2) is 4.98 Å². The second-order valence-corrected chi connectivity index (χ2v) is 8.09. The van der Waals surface area contributed by atoms with Gasteiger partial charge >= 0.3 is 0 Å². The fourth-order valence-corrected chi connectivity index (χ4v) is 4.21. The number of aryl methyl sites for hydroxylation is 2. The number of para-hydroxylation sites is 1. The monoisotopic (exact) mass is 437 g/mol.